The van der Waals surface area contributed by atoms with E-state index in [1.807, 2.05) is 18.2 Å². The van der Waals surface area contributed by atoms with Crippen LogP contribution in [-0.4, -0.2) is 66.3 Å². The van der Waals surface area contributed by atoms with Crippen LogP contribution in [0.4, 0.5) is 0 Å². The van der Waals surface area contributed by atoms with E-state index in [1.54, 1.807) is 18.3 Å². The monoisotopic (exact) mass is 579 g/mol. The number of aromatic nitrogens is 1. The van der Waals surface area contributed by atoms with Gasteiger partial charge in [0.1, 0.15) is 16.9 Å². The fraction of sp³-hybridized carbons (Fsp3) is 0.484. The van der Waals surface area contributed by atoms with E-state index in [4.69, 9.17) is 30.5 Å². The second kappa shape index (κ2) is 10.7. The largest absolute Gasteiger partial charge is 0.483 e. The Hall–Kier alpha value is -2.95. The normalized spacial score (nSPS) is 21.3. The minimum absolute atomic E-state index is 0.132. The molecule has 2 aromatic carbocycles. The third-order valence-electron chi connectivity index (χ3n) is 8.84. The maximum atomic E-state index is 13.8. The number of ether oxygens (including phenoxy) is 4. The average molecular weight is 580 g/mol. The summed E-state index contributed by atoms with van der Waals surface area (Å²) in [5, 5.41) is 4.07. The van der Waals surface area contributed by atoms with Crippen LogP contribution in [0.25, 0.3) is 10.9 Å². The van der Waals surface area contributed by atoms with Crippen molar-refractivity contribution in [3.8, 4) is 5.75 Å². The third-order valence-corrected chi connectivity index (χ3v) is 9.09. The zero-order chi connectivity index (χ0) is 28.0. The maximum absolute atomic E-state index is 13.8. The van der Waals surface area contributed by atoms with Crippen molar-refractivity contribution in [2.45, 2.75) is 56.7 Å². The number of pyridine rings is 1. The molecule has 2 saturated heterocycles. The molecule has 0 radical (unpaired) electrons. The molecule has 9 nitrogen and oxygen atoms in total. The van der Waals surface area contributed by atoms with Crippen molar-refractivity contribution in [1.29, 1.82) is 0 Å². The van der Waals surface area contributed by atoms with Gasteiger partial charge in [0.2, 0.25) is 5.43 Å². The average Bonchev–Trinajstić information content (AvgIpc) is 3.45. The highest BCUT2D eigenvalue weighted by atomic mass is 35.5. The van der Waals surface area contributed by atoms with Crippen molar-refractivity contribution in [2.75, 3.05) is 39.5 Å². The van der Waals surface area contributed by atoms with E-state index in [0.29, 0.717) is 62.2 Å². The highest BCUT2D eigenvalue weighted by molar-refractivity contribution is 6.30. The lowest BCUT2D eigenvalue weighted by Crippen LogP contribution is -2.51. The summed E-state index contributed by atoms with van der Waals surface area (Å²) in [7, 11) is 0. The van der Waals surface area contributed by atoms with E-state index >= 15 is 0 Å². The summed E-state index contributed by atoms with van der Waals surface area (Å²) in [5.41, 5.74) is 2.01. The van der Waals surface area contributed by atoms with Crippen LogP contribution in [0.15, 0.2) is 47.4 Å². The molecule has 1 N–H and O–H groups in total. The molecule has 4 heterocycles. The molecule has 1 aliphatic carbocycles. The Morgan fingerprint density at radius 2 is 1.68 bits per heavy atom. The quantitative estimate of drug-likeness (QED) is 0.491. The lowest BCUT2D eigenvalue weighted by molar-refractivity contribution is -0.201. The highest BCUT2D eigenvalue weighted by Crippen LogP contribution is 2.46. The maximum Gasteiger partial charge on any atom is 0.257 e. The Kier molecular flexibility index (Phi) is 7.03. The van der Waals surface area contributed by atoms with Crippen molar-refractivity contribution in [2.24, 2.45) is 0 Å². The Morgan fingerprint density at radius 3 is 2.41 bits per heavy atom. The van der Waals surface area contributed by atoms with Crippen LogP contribution in [-0.2, 0) is 33.8 Å². The number of amides is 1. The van der Waals surface area contributed by atoms with Crippen molar-refractivity contribution in [3.05, 3.63) is 74.5 Å². The first-order valence-corrected chi connectivity index (χ1v) is 14.8. The van der Waals surface area contributed by atoms with Gasteiger partial charge in [-0.05, 0) is 48.2 Å². The van der Waals surface area contributed by atoms with Gasteiger partial charge in [-0.2, -0.15) is 0 Å². The molecule has 0 atom stereocenters. The fourth-order valence-corrected chi connectivity index (χ4v) is 6.75. The number of hydrogen-bond acceptors (Lipinski definition) is 7. The summed E-state index contributed by atoms with van der Waals surface area (Å²) in [4.78, 5) is 29.6. The number of morpholine rings is 1. The van der Waals surface area contributed by atoms with E-state index in [9.17, 15) is 9.59 Å². The van der Waals surface area contributed by atoms with Crippen molar-refractivity contribution >= 4 is 28.4 Å². The summed E-state index contributed by atoms with van der Waals surface area (Å²) in [6.07, 6.45) is 4.71. The molecular formula is C31H34ClN3O6. The van der Waals surface area contributed by atoms with Gasteiger partial charge in [0.15, 0.2) is 5.79 Å². The number of hydrogen-bond donors (Lipinski definition) is 1. The fourth-order valence-electron chi connectivity index (χ4n) is 6.62. The molecule has 216 valence electrons. The number of nitrogens with zero attached hydrogens (tertiary/aromatic N) is 2. The molecule has 1 aromatic heterocycles. The number of benzene rings is 2. The summed E-state index contributed by atoms with van der Waals surface area (Å²) >= 11 is 6.00. The van der Waals surface area contributed by atoms with Crippen LogP contribution >= 0.6 is 11.6 Å². The van der Waals surface area contributed by atoms with Crippen LogP contribution < -0.4 is 15.5 Å². The number of carbonyl (C=O) groups excluding carboxylic acids is 1. The van der Waals surface area contributed by atoms with Gasteiger partial charge in [0.25, 0.3) is 5.91 Å². The second-order valence-corrected chi connectivity index (χ2v) is 12.0. The number of halogens is 1. The van der Waals surface area contributed by atoms with E-state index in [1.165, 1.54) is 0 Å². The van der Waals surface area contributed by atoms with Gasteiger partial charge in [-0.1, -0.05) is 23.7 Å². The Morgan fingerprint density at radius 1 is 0.951 bits per heavy atom. The third kappa shape index (κ3) is 5.26. The summed E-state index contributed by atoms with van der Waals surface area (Å²) in [6.45, 7) is 5.81. The Balaban J connectivity index is 1.24. The molecule has 41 heavy (non-hydrogen) atoms. The van der Waals surface area contributed by atoms with Gasteiger partial charge in [-0.25, -0.2) is 0 Å². The van der Waals surface area contributed by atoms with E-state index < -0.39 is 17.3 Å². The zero-order valence-electron chi connectivity index (χ0n) is 23.0. The molecule has 10 heteroatoms. The first-order chi connectivity index (χ1) is 19.9. The summed E-state index contributed by atoms with van der Waals surface area (Å²) in [5.74, 6) is -0.211. The van der Waals surface area contributed by atoms with Gasteiger partial charge < -0.3 is 28.8 Å². The van der Waals surface area contributed by atoms with Crippen LogP contribution in [0.1, 0.15) is 47.2 Å². The SMILES string of the molecule is O=C(NCc1ccc(Cl)cc1)c1cn2c3c(cc(CN4CCOCC4)cc3c1=O)OC1(CCC3(CC1)OCCO3)C2. The van der Waals surface area contributed by atoms with Gasteiger partial charge >= 0.3 is 0 Å². The lowest BCUT2D eigenvalue weighted by atomic mass is 9.80. The second-order valence-electron chi connectivity index (χ2n) is 11.6. The van der Waals surface area contributed by atoms with Crippen LogP contribution in [0.5, 0.6) is 5.75 Å². The van der Waals surface area contributed by atoms with Gasteiger partial charge in [0.05, 0.1) is 43.9 Å². The van der Waals surface area contributed by atoms with E-state index in [0.717, 1.165) is 55.4 Å². The molecule has 3 aromatic rings. The topological polar surface area (TPSA) is 91.3 Å². The molecular weight excluding hydrogens is 546 g/mol. The summed E-state index contributed by atoms with van der Waals surface area (Å²) in [6, 6.07) is 11.3. The molecule has 1 saturated carbocycles. The number of nitrogens with one attached hydrogen (secondary N) is 1. The lowest BCUT2D eigenvalue weighted by Gasteiger charge is -2.46. The smallest absolute Gasteiger partial charge is 0.257 e. The van der Waals surface area contributed by atoms with Crippen LogP contribution in [0, 0.1) is 0 Å². The van der Waals surface area contributed by atoms with E-state index in [2.05, 4.69) is 20.9 Å². The molecule has 0 unspecified atom stereocenters. The molecule has 3 fully saturated rings. The zero-order valence-corrected chi connectivity index (χ0v) is 23.7. The van der Waals surface area contributed by atoms with Gasteiger partial charge in [-0.15, -0.1) is 0 Å². The molecule has 7 rings (SSSR count). The van der Waals surface area contributed by atoms with E-state index in [-0.39, 0.29) is 11.0 Å². The standard InChI is InChI=1S/C31H34ClN3O6/c32-23-3-1-21(2-4-23)17-33-29(37)25-19-35-20-30(5-7-31(8-6-30)39-13-14-40-31)41-26-16-22(15-24(27(26)35)28(25)36)18-34-9-11-38-12-10-34/h1-4,15-16,19H,5-14,17-18,20H2,(H,33,37). The Bertz CT molecular complexity index is 1520. The van der Waals surface area contributed by atoms with Crippen molar-refractivity contribution in [3.63, 3.8) is 0 Å². The molecule has 3 aliphatic heterocycles. The first kappa shape index (κ1) is 26.9. The number of carbonyl (C=O) groups is 1. The number of rotatable bonds is 5. The van der Waals surface area contributed by atoms with Crippen LogP contribution in [0.3, 0.4) is 0 Å². The highest BCUT2D eigenvalue weighted by Gasteiger charge is 2.49. The molecule has 1 amide bonds. The minimum atomic E-state index is -0.515. The summed E-state index contributed by atoms with van der Waals surface area (Å²) < 4.78 is 26.3. The van der Waals surface area contributed by atoms with Gasteiger partial charge in [-0.3, -0.25) is 14.5 Å². The molecule has 0 bridgehead atoms. The predicted octanol–water partition coefficient (Wildman–Crippen LogP) is 3.87. The van der Waals surface area contributed by atoms with Crippen molar-refractivity contribution < 1.29 is 23.7 Å². The molecule has 2 spiro atoms. The predicted molar refractivity (Wildman–Crippen MR) is 153 cm³/mol. The van der Waals surface area contributed by atoms with Crippen LogP contribution in [0.2, 0.25) is 5.02 Å². The Labute approximate surface area is 243 Å². The first-order valence-electron chi connectivity index (χ1n) is 14.4. The van der Waals surface area contributed by atoms with Crippen molar-refractivity contribution in [1.82, 2.24) is 14.8 Å². The van der Waals surface area contributed by atoms with Gasteiger partial charge in [0, 0.05) is 50.2 Å². The minimum Gasteiger partial charge on any atom is -0.483 e. The molecule has 4 aliphatic rings.